The van der Waals surface area contributed by atoms with Gasteiger partial charge in [-0.2, -0.15) is 4.31 Å². The van der Waals surface area contributed by atoms with Crippen LogP contribution in [-0.4, -0.2) is 76.0 Å². The predicted octanol–water partition coefficient (Wildman–Crippen LogP) is 1.67. The molecule has 7 nitrogen and oxygen atoms in total. The Bertz CT molecular complexity index is 934. The van der Waals surface area contributed by atoms with Gasteiger partial charge in [0.1, 0.15) is 0 Å². The fraction of sp³-hybridized carbons (Fsp3) is 0.381. The zero-order valence-electron chi connectivity index (χ0n) is 16.2. The minimum absolute atomic E-state index is 0.0599. The highest BCUT2D eigenvalue weighted by molar-refractivity contribution is 7.89. The number of hydrogen-bond acceptors (Lipinski definition) is 5. The van der Waals surface area contributed by atoms with Crippen molar-refractivity contribution < 1.29 is 17.9 Å². The standard InChI is InChI=1S/C21H25N3O4S/c25-21(18-6-8-19(9-7-18)22-14-16-28-17-15-22)23-10-12-24(13-11-23)29(26,27)20-4-2-1-3-5-20/h1-9H,10-17H2. The Balaban J connectivity index is 1.38. The van der Waals surface area contributed by atoms with Crippen molar-refractivity contribution in [1.29, 1.82) is 0 Å². The molecule has 8 heteroatoms. The second kappa shape index (κ2) is 8.52. The van der Waals surface area contributed by atoms with E-state index in [1.54, 1.807) is 35.2 Å². The molecule has 4 rings (SSSR count). The second-order valence-corrected chi connectivity index (χ2v) is 9.09. The lowest BCUT2D eigenvalue weighted by molar-refractivity contribution is 0.0698. The molecule has 0 N–H and O–H groups in total. The van der Waals surface area contributed by atoms with Gasteiger partial charge in [0.15, 0.2) is 0 Å². The summed E-state index contributed by atoms with van der Waals surface area (Å²) in [6.45, 7) is 4.51. The van der Waals surface area contributed by atoms with Crippen molar-refractivity contribution in [2.75, 3.05) is 57.4 Å². The van der Waals surface area contributed by atoms with E-state index < -0.39 is 10.0 Å². The van der Waals surface area contributed by atoms with Crippen LogP contribution < -0.4 is 4.90 Å². The minimum Gasteiger partial charge on any atom is -0.378 e. The maximum atomic E-state index is 12.8. The van der Waals surface area contributed by atoms with Crippen LogP contribution in [0.1, 0.15) is 10.4 Å². The summed E-state index contributed by atoms with van der Waals surface area (Å²) >= 11 is 0. The Morgan fingerprint density at radius 2 is 1.41 bits per heavy atom. The molecule has 2 aliphatic rings. The monoisotopic (exact) mass is 415 g/mol. The van der Waals surface area contributed by atoms with Crippen LogP contribution in [0.5, 0.6) is 0 Å². The van der Waals surface area contributed by atoms with Gasteiger partial charge in [0.2, 0.25) is 10.0 Å². The highest BCUT2D eigenvalue weighted by Crippen LogP contribution is 2.20. The molecule has 0 radical (unpaired) electrons. The summed E-state index contributed by atoms with van der Waals surface area (Å²) in [5, 5.41) is 0. The van der Waals surface area contributed by atoms with Crippen molar-refractivity contribution >= 4 is 21.6 Å². The topological polar surface area (TPSA) is 70.2 Å². The summed E-state index contributed by atoms with van der Waals surface area (Å²) in [5.74, 6) is -0.0599. The fourth-order valence-electron chi connectivity index (χ4n) is 3.69. The van der Waals surface area contributed by atoms with Gasteiger partial charge in [0, 0.05) is 50.5 Å². The lowest BCUT2D eigenvalue weighted by atomic mass is 10.1. The number of ether oxygens (including phenoxy) is 1. The van der Waals surface area contributed by atoms with Crippen LogP contribution in [0.2, 0.25) is 0 Å². The number of piperazine rings is 1. The maximum Gasteiger partial charge on any atom is 0.253 e. The predicted molar refractivity (Wildman–Crippen MR) is 111 cm³/mol. The molecule has 0 aromatic heterocycles. The maximum absolute atomic E-state index is 12.8. The van der Waals surface area contributed by atoms with Crippen LogP contribution in [0, 0.1) is 0 Å². The minimum atomic E-state index is -3.51. The first-order valence-corrected chi connectivity index (χ1v) is 11.3. The van der Waals surface area contributed by atoms with Gasteiger partial charge in [-0.1, -0.05) is 18.2 Å². The third-order valence-corrected chi connectivity index (χ3v) is 7.31. The number of carbonyl (C=O) groups excluding carboxylic acids is 1. The highest BCUT2D eigenvalue weighted by atomic mass is 32.2. The van der Waals surface area contributed by atoms with Crippen LogP contribution in [0.3, 0.4) is 0 Å². The largest absolute Gasteiger partial charge is 0.378 e. The number of amides is 1. The normalized spacial score (nSPS) is 18.6. The van der Waals surface area contributed by atoms with Gasteiger partial charge in [-0.25, -0.2) is 8.42 Å². The van der Waals surface area contributed by atoms with E-state index in [1.807, 2.05) is 24.3 Å². The molecular weight excluding hydrogens is 390 g/mol. The van der Waals surface area contributed by atoms with E-state index in [9.17, 15) is 13.2 Å². The SMILES string of the molecule is O=C(c1ccc(N2CCOCC2)cc1)N1CCN(S(=O)(=O)c2ccccc2)CC1. The molecule has 2 aromatic carbocycles. The number of benzene rings is 2. The summed E-state index contributed by atoms with van der Waals surface area (Å²) in [4.78, 5) is 17.1. The van der Waals surface area contributed by atoms with Gasteiger partial charge in [0.05, 0.1) is 18.1 Å². The van der Waals surface area contributed by atoms with E-state index in [0.29, 0.717) is 36.6 Å². The van der Waals surface area contributed by atoms with Crippen LogP contribution in [0.15, 0.2) is 59.5 Å². The van der Waals surface area contributed by atoms with E-state index >= 15 is 0 Å². The van der Waals surface area contributed by atoms with E-state index in [2.05, 4.69) is 4.90 Å². The molecule has 1 amide bonds. The lowest BCUT2D eigenvalue weighted by Gasteiger charge is -2.34. The molecule has 0 bridgehead atoms. The molecule has 0 saturated carbocycles. The number of rotatable bonds is 4. The van der Waals surface area contributed by atoms with Gasteiger partial charge in [-0.15, -0.1) is 0 Å². The number of nitrogens with zero attached hydrogens (tertiary/aromatic N) is 3. The molecule has 0 unspecified atom stereocenters. The smallest absolute Gasteiger partial charge is 0.253 e. The Hall–Kier alpha value is -2.42. The Kier molecular flexibility index (Phi) is 5.84. The van der Waals surface area contributed by atoms with E-state index in [0.717, 1.165) is 32.0 Å². The molecule has 2 aliphatic heterocycles. The van der Waals surface area contributed by atoms with Crippen molar-refractivity contribution in [3.8, 4) is 0 Å². The van der Waals surface area contributed by atoms with Crippen molar-refractivity contribution in [2.45, 2.75) is 4.90 Å². The van der Waals surface area contributed by atoms with E-state index in [-0.39, 0.29) is 5.91 Å². The zero-order chi connectivity index (χ0) is 20.3. The van der Waals surface area contributed by atoms with Gasteiger partial charge >= 0.3 is 0 Å². The fourth-order valence-corrected chi connectivity index (χ4v) is 5.14. The third kappa shape index (κ3) is 4.29. The Labute approximate surface area is 171 Å². The first-order valence-electron chi connectivity index (χ1n) is 9.83. The Morgan fingerprint density at radius 3 is 2.03 bits per heavy atom. The molecule has 0 aliphatic carbocycles. The van der Waals surface area contributed by atoms with Crippen LogP contribution >= 0.6 is 0 Å². The van der Waals surface area contributed by atoms with Gasteiger partial charge in [-0.3, -0.25) is 4.79 Å². The molecule has 2 aromatic rings. The average Bonchev–Trinajstić information content (AvgIpc) is 2.80. The molecule has 0 spiro atoms. The average molecular weight is 416 g/mol. The molecule has 29 heavy (non-hydrogen) atoms. The van der Waals surface area contributed by atoms with Crippen molar-refractivity contribution in [1.82, 2.24) is 9.21 Å². The van der Waals surface area contributed by atoms with Crippen molar-refractivity contribution in [3.05, 3.63) is 60.2 Å². The summed E-state index contributed by atoms with van der Waals surface area (Å²) in [5.41, 5.74) is 1.71. The first-order chi connectivity index (χ1) is 14.1. The van der Waals surface area contributed by atoms with Crippen LogP contribution in [0.25, 0.3) is 0 Å². The van der Waals surface area contributed by atoms with E-state index in [1.165, 1.54) is 4.31 Å². The van der Waals surface area contributed by atoms with Gasteiger partial charge < -0.3 is 14.5 Å². The molecule has 2 saturated heterocycles. The van der Waals surface area contributed by atoms with Crippen LogP contribution in [0.4, 0.5) is 5.69 Å². The number of morpholine rings is 1. The number of sulfonamides is 1. The summed E-state index contributed by atoms with van der Waals surface area (Å²) in [6, 6.07) is 16.1. The molecular formula is C21H25N3O4S. The zero-order valence-corrected chi connectivity index (χ0v) is 17.1. The van der Waals surface area contributed by atoms with Crippen molar-refractivity contribution in [3.63, 3.8) is 0 Å². The quantitative estimate of drug-likeness (QED) is 0.760. The molecule has 0 atom stereocenters. The number of anilines is 1. The van der Waals surface area contributed by atoms with Crippen molar-refractivity contribution in [2.24, 2.45) is 0 Å². The Morgan fingerprint density at radius 1 is 0.793 bits per heavy atom. The first kappa shape index (κ1) is 19.9. The molecule has 2 heterocycles. The van der Waals surface area contributed by atoms with Crippen LogP contribution in [-0.2, 0) is 14.8 Å². The molecule has 154 valence electrons. The lowest BCUT2D eigenvalue weighted by Crippen LogP contribution is -2.50. The van der Waals surface area contributed by atoms with Gasteiger partial charge in [0.25, 0.3) is 5.91 Å². The van der Waals surface area contributed by atoms with E-state index in [4.69, 9.17) is 4.74 Å². The highest BCUT2D eigenvalue weighted by Gasteiger charge is 2.30. The molecule has 2 fully saturated rings. The number of carbonyl (C=O) groups is 1. The summed E-state index contributed by atoms with van der Waals surface area (Å²) in [7, 11) is -3.51. The summed E-state index contributed by atoms with van der Waals surface area (Å²) in [6.07, 6.45) is 0. The third-order valence-electron chi connectivity index (χ3n) is 5.40. The number of hydrogen-bond donors (Lipinski definition) is 0. The summed E-state index contributed by atoms with van der Waals surface area (Å²) < 4.78 is 32.3. The second-order valence-electron chi connectivity index (χ2n) is 7.16. The van der Waals surface area contributed by atoms with Gasteiger partial charge in [-0.05, 0) is 36.4 Å².